The molecule has 0 atom stereocenters. The fraction of sp³-hybridized carbons (Fsp3) is 0.533. The predicted molar refractivity (Wildman–Crippen MR) is 81.5 cm³/mol. The Kier molecular flexibility index (Phi) is 4.68. The highest BCUT2D eigenvalue weighted by atomic mass is 32.2. The van der Waals surface area contributed by atoms with E-state index in [2.05, 4.69) is 0 Å². The Hall–Kier alpha value is -1.40. The molecule has 1 aromatic rings. The number of hydrogen-bond donors (Lipinski definition) is 1. The molecule has 6 heteroatoms. The molecular weight excluding hydrogens is 288 g/mol. The predicted octanol–water partition coefficient (Wildman–Crippen LogP) is 1.90. The second kappa shape index (κ2) is 6.15. The van der Waals surface area contributed by atoms with E-state index >= 15 is 0 Å². The Balaban J connectivity index is 2.26. The monoisotopic (exact) mass is 310 g/mol. The van der Waals surface area contributed by atoms with Gasteiger partial charge in [-0.05, 0) is 56.4 Å². The van der Waals surface area contributed by atoms with E-state index in [1.165, 1.54) is 31.4 Å². The van der Waals surface area contributed by atoms with Crippen molar-refractivity contribution < 1.29 is 13.2 Å². The van der Waals surface area contributed by atoms with Crippen molar-refractivity contribution >= 4 is 15.9 Å². The molecule has 0 spiro atoms. The number of primary sulfonamides is 1. The molecule has 1 fully saturated rings. The van der Waals surface area contributed by atoms with E-state index < -0.39 is 10.0 Å². The molecule has 21 heavy (non-hydrogen) atoms. The van der Waals surface area contributed by atoms with Gasteiger partial charge in [0, 0.05) is 18.7 Å². The van der Waals surface area contributed by atoms with Crippen LogP contribution in [0.2, 0.25) is 0 Å². The van der Waals surface area contributed by atoms with E-state index in [1.54, 1.807) is 17.9 Å². The molecule has 0 unspecified atom stereocenters. The highest BCUT2D eigenvalue weighted by molar-refractivity contribution is 7.89. The summed E-state index contributed by atoms with van der Waals surface area (Å²) in [5.74, 6) is 0.453. The average Bonchev–Trinajstić information content (AvgIpc) is 2.35. The standard InChI is InChI=1S/C15H22N2O3S/c1-3-17(10-12-5-4-6-12)15(18)13-7-11(2)8-14(9-13)21(16,19)20/h7-9,12H,3-6,10H2,1-2H3,(H2,16,19,20). The second-order valence-electron chi connectivity index (χ2n) is 5.72. The maximum Gasteiger partial charge on any atom is 0.253 e. The first kappa shape index (κ1) is 16.0. The van der Waals surface area contributed by atoms with Gasteiger partial charge in [0.05, 0.1) is 4.90 Å². The molecule has 0 aliphatic heterocycles. The summed E-state index contributed by atoms with van der Waals surface area (Å²) in [5, 5.41) is 5.16. The van der Waals surface area contributed by atoms with Gasteiger partial charge in [-0.15, -0.1) is 0 Å². The van der Waals surface area contributed by atoms with Gasteiger partial charge in [-0.3, -0.25) is 4.79 Å². The van der Waals surface area contributed by atoms with Crippen LogP contribution in [0.4, 0.5) is 0 Å². The zero-order chi connectivity index (χ0) is 15.6. The number of hydrogen-bond acceptors (Lipinski definition) is 3. The van der Waals surface area contributed by atoms with Crippen LogP contribution in [0.15, 0.2) is 23.1 Å². The normalized spacial score (nSPS) is 15.6. The van der Waals surface area contributed by atoms with Crippen LogP contribution in [0, 0.1) is 12.8 Å². The fourth-order valence-electron chi connectivity index (χ4n) is 2.56. The number of benzene rings is 1. The molecule has 116 valence electrons. The summed E-state index contributed by atoms with van der Waals surface area (Å²) >= 11 is 0. The van der Waals surface area contributed by atoms with Gasteiger partial charge in [0.1, 0.15) is 0 Å². The third-order valence-electron chi connectivity index (χ3n) is 4.00. The molecule has 1 amide bonds. The number of nitrogens with zero attached hydrogens (tertiary/aromatic N) is 1. The second-order valence-corrected chi connectivity index (χ2v) is 7.28. The molecule has 1 saturated carbocycles. The Morgan fingerprint density at radius 1 is 1.33 bits per heavy atom. The Bertz CT molecular complexity index is 636. The number of sulfonamides is 1. The number of aryl methyl sites for hydroxylation is 1. The smallest absolute Gasteiger partial charge is 0.253 e. The van der Waals surface area contributed by atoms with Crippen LogP contribution in [0.1, 0.15) is 42.1 Å². The molecule has 1 aromatic carbocycles. The van der Waals surface area contributed by atoms with Crippen molar-refractivity contribution in [3.8, 4) is 0 Å². The van der Waals surface area contributed by atoms with Crippen LogP contribution in [0.5, 0.6) is 0 Å². The number of amides is 1. The maximum atomic E-state index is 12.6. The molecule has 2 N–H and O–H groups in total. The topological polar surface area (TPSA) is 80.5 Å². The molecule has 2 rings (SSSR count). The number of rotatable bonds is 5. The van der Waals surface area contributed by atoms with E-state index in [0.29, 0.717) is 23.6 Å². The lowest BCUT2D eigenvalue weighted by molar-refractivity contribution is 0.0706. The van der Waals surface area contributed by atoms with Crippen molar-refractivity contribution in [1.82, 2.24) is 4.90 Å². The number of nitrogens with two attached hydrogens (primary N) is 1. The van der Waals surface area contributed by atoms with E-state index in [-0.39, 0.29) is 10.8 Å². The summed E-state index contributed by atoms with van der Waals surface area (Å²) in [6.45, 7) is 5.06. The summed E-state index contributed by atoms with van der Waals surface area (Å²) < 4.78 is 23.0. The summed E-state index contributed by atoms with van der Waals surface area (Å²) in [5.41, 5.74) is 1.10. The third kappa shape index (κ3) is 3.83. The SMILES string of the molecule is CCN(CC1CCC1)C(=O)c1cc(C)cc(S(N)(=O)=O)c1. The van der Waals surface area contributed by atoms with Crippen molar-refractivity contribution in [1.29, 1.82) is 0 Å². The van der Waals surface area contributed by atoms with Crippen LogP contribution < -0.4 is 5.14 Å². The van der Waals surface area contributed by atoms with E-state index in [4.69, 9.17) is 5.14 Å². The quantitative estimate of drug-likeness (QED) is 0.902. The van der Waals surface area contributed by atoms with Gasteiger partial charge < -0.3 is 4.90 Å². The lowest BCUT2D eigenvalue weighted by Crippen LogP contribution is -2.37. The van der Waals surface area contributed by atoms with Crippen LogP contribution in [0.25, 0.3) is 0 Å². The molecule has 0 heterocycles. The Morgan fingerprint density at radius 2 is 2.00 bits per heavy atom. The minimum atomic E-state index is -3.80. The van der Waals surface area contributed by atoms with Gasteiger partial charge in [-0.2, -0.15) is 0 Å². The van der Waals surface area contributed by atoms with Crippen LogP contribution in [0.3, 0.4) is 0 Å². The average molecular weight is 310 g/mol. The minimum Gasteiger partial charge on any atom is -0.339 e. The van der Waals surface area contributed by atoms with Crippen molar-refractivity contribution in [3.05, 3.63) is 29.3 Å². The minimum absolute atomic E-state index is 0.00875. The van der Waals surface area contributed by atoms with Crippen LogP contribution >= 0.6 is 0 Å². The fourth-order valence-corrected chi connectivity index (χ4v) is 3.20. The van der Waals surface area contributed by atoms with E-state index in [0.717, 1.165) is 6.54 Å². The number of carbonyl (C=O) groups excluding carboxylic acids is 1. The molecule has 1 aliphatic carbocycles. The molecule has 0 saturated heterocycles. The van der Waals surface area contributed by atoms with Gasteiger partial charge in [-0.1, -0.05) is 6.42 Å². The summed E-state index contributed by atoms with van der Waals surface area (Å²) in [6.07, 6.45) is 3.57. The van der Waals surface area contributed by atoms with Gasteiger partial charge in [-0.25, -0.2) is 13.6 Å². The van der Waals surface area contributed by atoms with Gasteiger partial charge in [0.15, 0.2) is 0 Å². The van der Waals surface area contributed by atoms with Crippen molar-refractivity contribution in [2.24, 2.45) is 11.1 Å². The first-order valence-electron chi connectivity index (χ1n) is 7.25. The van der Waals surface area contributed by atoms with Crippen LogP contribution in [-0.4, -0.2) is 32.3 Å². The highest BCUT2D eigenvalue weighted by Crippen LogP contribution is 2.27. The van der Waals surface area contributed by atoms with E-state index in [1.807, 2.05) is 6.92 Å². The first-order chi connectivity index (χ1) is 9.81. The summed E-state index contributed by atoms with van der Waals surface area (Å²) in [4.78, 5) is 14.3. The molecular formula is C15H22N2O3S. The largest absolute Gasteiger partial charge is 0.339 e. The van der Waals surface area contributed by atoms with Gasteiger partial charge >= 0.3 is 0 Å². The van der Waals surface area contributed by atoms with Gasteiger partial charge in [0.25, 0.3) is 5.91 Å². The molecule has 0 radical (unpaired) electrons. The maximum absolute atomic E-state index is 12.6. The first-order valence-corrected chi connectivity index (χ1v) is 8.79. The third-order valence-corrected chi connectivity index (χ3v) is 4.89. The Labute approximate surface area is 126 Å². The lowest BCUT2D eigenvalue weighted by Gasteiger charge is -2.32. The lowest BCUT2D eigenvalue weighted by atomic mass is 9.85. The molecule has 5 nitrogen and oxygen atoms in total. The van der Waals surface area contributed by atoms with Crippen molar-refractivity contribution in [2.45, 2.75) is 38.0 Å². The Morgan fingerprint density at radius 3 is 2.48 bits per heavy atom. The van der Waals surface area contributed by atoms with Crippen LogP contribution in [-0.2, 0) is 10.0 Å². The van der Waals surface area contributed by atoms with Gasteiger partial charge in [0.2, 0.25) is 10.0 Å². The zero-order valence-corrected chi connectivity index (χ0v) is 13.3. The highest BCUT2D eigenvalue weighted by Gasteiger charge is 2.24. The summed E-state index contributed by atoms with van der Waals surface area (Å²) in [6, 6.07) is 4.56. The molecule has 0 bridgehead atoms. The number of carbonyl (C=O) groups is 1. The van der Waals surface area contributed by atoms with Crippen molar-refractivity contribution in [2.75, 3.05) is 13.1 Å². The molecule has 1 aliphatic rings. The molecule has 0 aromatic heterocycles. The van der Waals surface area contributed by atoms with Crippen molar-refractivity contribution in [3.63, 3.8) is 0 Å². The summed E-state index contributed by atoms with van der Waals surface area (Å²) in [7, 11) is -3.80. The zero-order valence-electron chi connectivity index (χ0n) is 12.5. The van der Waals surface area contributed by atoms with E-state index in [9.17, 15) is 13.2 Å².